The number of hydrogen-bond acceptors (Lipinski definition) is 4. The first-order chi connectivity index (χ1) is 13.9. The van der Waals surface area contributed by atoms with Gasteiger partial charge in [0, 0.05) is 0 Å². The van der Waals surface area contributed by atoms with Crippen molar-refractivity contribution < 1.29 is 14.3 Å². The number of nitrogens with one attached hydrogen (secondary N) is 2. The van der Waals surface area contributed by atoms with E-state index in [9.17, 15) is 9.59 Å². The number of benzene rings is 2. The first-order valence-corrected chi connectivity index (χ1v) is 13.0. The molecule has 0 aliphatic rings. The molecule has 0 aliphatic carbocycles. The van der Waals surface area contributed by atoms with Crippen molar-refractivity contribution in [1.82, 2.24) is 10.6 Å². The number of amides is 2. The van der Waals surface area contributed by atoms with Gasteiger partial charge in [0.05, 0.1) is 14.1 Å². The Bertz CT molecular complexity index is 835. The summed E-state index contributed by atoms with van der Waals surface area (Å²) in [5.41, 5.74) is 2.08. The van der Waals surface area contributed by atoms with E-state index in [1.165, 1.54) is 5.56 Å². The minimum absolute atomic E-state index is 0.100. The van der Waals surface area contributed by atoms with Crippen LogP contribution >= 0.6 is 0 Å². The predicted octanol–water partition coefficient (Wildman–Crippen LogP) is 3.41. The normalized spacial score (nSPS) is 11.8. The maximum atomic E-state index is 12.5. The molecule has 29 heavy (non-hydrogen) atoms. The van der Waals surface area contributed by atoms with Crippen molar-refractivity contribution in [2.75, 3.05) is 6.54 Å². The highest BCUT2D eigenvalue weighted by Crippen LogP contribution is 2.19. The Kier molecular flexibility index (Phi) is 8.43. The van der Waals surface area contributed by atoms with Crippen LogP contribution in [0, 0.1) is 11.3 Å². The van der Waals surface area contributed by atoms with E-state index in [2.05, 4.69) is 35.9 Å². The van der Waals surface area contributed by atoms with Crippen molar-refractivity contribution in [1.29, 1.82) is 5.26 Å². The third kappa shape index (κ3) is 8.19. The molecule has 0 aliphatic heterocycles. The lowest BCUT2D eigenvalue weighted by Gasteiger charge is -2.28. The van der Waals surface area contributed by atoms with Crippen LogP contribution in [-0.4, -0.2) is 32.7 Å². The summed E-state index contributed by atoms with van der Waals surface area (Å²) in [4.78, 5) is 24.8. The molecule has 2 rings (SSSR count). The van der Waals surface area contributed by atoms with E-state index in [4.69, 9.17) is 10.00 Å². The number of carbonyl (C=O) groups excluding carboxylic acids is 2. The van der Waals surface area contributed by atoms with Crippen LogP contribution in [-0.2, 0) is 22.2 Å². The summed E-state index contributed by atoms with van der Waals surface area (Å²) in [5, 5.41) is 14.0. The van der Waals surface area contributed by atoms with Crippen LogP contribution in [0.25, 0.3) is 0 Å². The van der Waals surface area contributed by atoms with Gasteiger partial charge in [-0.3, -0.25) is 4.79 Å². The summed E-state index contributed by atoms with van der Waals surface area (Å²) >= 11 is 0. The second-order valence-corrected chi connectivity index (χ2v) is 12.8. The summed E-state index contributed by atoms with van der Waals surface area (Å²) in [6, 6.07) is 22.0. The molecule has 2 amide bonds. The maximum Gasteiger partial charge on any atom is 0.408 e. The van der Waals surface area contributed by atoms with Gasteiger partial charge in [0.2, 0.25) is 5.91 Å². The van der Waals surface area contributed by atoms with Crippen molar-refractivity contribution in [3.63, 3.8) is 0 Å². The highest BCUT2D eigenvalue weighted by Gasteiger charge is 2.31. The molecule has 0 saturated carbocycles. The van der Waals surface area contributed by atoms with Crippen LogP contribution in [0.1, 0.15) is 11.1 Å². The van der Waals surface area contributed by atoms with Crippen LogP contribution in [0.4, 0.5) is 4.79 Å². The molecule has 6 nitrogen and oxygen atoms in total. The molecule has 1 unspecified atom stereocenters. The molecule has 2 aromatic rings. The third-order valence-corrected chi connectivity index (χ3v) is 7.32. The van der Waals surface area contributed by atoms with E-state index < -0.39 is 20.2 Å². The molecule has 7 heteroatoms. The zero-order chi connectivity index (χ0) is 21.1. The summed E-state index contributed by atoms with van der Waals surface area (Å²) in [6.07, 6.45) is -0.643. The Balaban J connectivity index is 2.00. The third-order valence-electron chi connectivity index (χ3n) is 4.45. The number of rotatable bonds is 9. The van der Waals surface area contributed by atoms with E-state index in [0.717, 1.165) is 11.6 Å². The molecule has 0 spiro atoms. The van der Waals surface area contributed by atoms with Gasteiger partial charge in [-0.25, -0.2) is 4.79 Å². The summed E-state index contributed by atoms with van der Waals surface area (Å²) in [5.74, 6) is -0.364. The van der Waals surface area contributed by atoms with Crippen LogP contribution in [0.2, 0.25) is 19.1 Å². The second-order valence-electron chi connectivity index (χ2n) is 7.67. The van der Waals surface area contributed by atoms with Crippen molar-refractivity contribution in [3.05, 3.63) is 71.8 Å². The largest absolute Gasteiger partial charge is 0.445 e. The lowest BCUT2D eigenvalue weighted by molar-refractivity contribution is -0.122. The van der Waals surface area contributed by atoms with Crippen LogP contribution < -0.4 is 10.6 Å². The highest BCUT2D eigenvalue weighted by atomic mass is 28.3. The van der Waals surface area contributed by atoms with Gasteiger partial charge in [-0.1, -0.05) is 79.3 Å². The molecule has 152 valence electrons. The molecule has 0 aromatic heterocycles. The van der Waals surface area contributed by atoms with Crippen LogP contribution in [0.3, 0.4) is 0 Å². The topological polar surface area (TPSA) is 91.2 Å². The Labute approximate surface area is 172 Å². The summed E-state index contributed by atoms with van der Waals surface area (Å²) < 4.78 is 5.27. The Hall–Kier alpha value is -3.11. The fraction of sp³-hybridized carbons (Fsp3) is 0.318. The first kappa shape index (κ1) is 22.2. The lowest BCUT2D eigenvalue weighted by Crippen LogP contribution is -2.51. The molecule has 0 saturated heterocycles. The number of ether oxygens (including phenoxy) is 1. The number of nitriles is 1. The molecule has 1 atom stereocenters. The maximum absolute atomic E-state index is 12.5. The van der Waals surface area contributed by atoms with Gasteiger partial charge in [0.25, 0.3) is 0 Å². The van der Waals surface area contributed by atoms with Crippen LogP contribution in [0.5, 0.6) is 0 Å². The van der Waals surface area contributed by atoms with Gasteiger partial charge >= 0.3 is 6.09 Å². The molecule has 0 heterocycles. The Morgan fingerprint density at radius 3 is 2.21 bits per heavy atom. The number of hydrogen-bond donors (Lipinski definition) is 2. The highest BCUT2D eigenvalue weighted by molar-refractivity contribution is 6.77. The van der Waals surface area contributed by atoms with E-state index in [-0.39, 0.29) is 19.1 Å². The van der Waals surface area contributed by atoms with Crippen molar-refractivity contribution >= 4 is 20.1 Å². The quantitative estimate of drug-likeness (QED) is 0.490. The van der Waals surface area contributed by atoms with Crippen LogP contribution in [0.15, 0.2) is 60.7 Å². The molecule has 0 bridgehead atoms. The van der Waals surface area contributed by atoms with Crippen molar-refractivity contribution in [3.8, 4) is 6.07 Å². The Morgan fingerprint density at radius 2 is 1.62 bits per heavy atom. The fourth-order valence-electron chi connectivity index (χ4n) is 3.14. The minimum atomic E-state index is -1.88. The van der Waals surface area contributed by atoms with Gasteiger partial charge < -0.3 is 15.4 Å². The molecule has 2 aromatic carbocycles. The van der Waals surface area contributed by atoms with Gasteiger partial charge in [0.15, 0.2) is 0 Å². The fourth-order valence-corrected chi connectivity index (χ4v) is 6.02. The van der Waals surface area contributed by atoms with Crippen molar-refractivity contribution in [2.24, 2.45) is 0 Å². The standard InChI is InChI=1S/C22H27N3O3Si/c1-29(2,16-19-11-7-4-8-12-19)17-20(21(26)24-14-13-23)25-22(27)28-15-18-9-5-3-6-10-18/h3-12,20H,14-17H2,1-2H3,(H,24,26)(H,25,27). The molecule has 0 fully saturated rings. The smallest absolute Gasteiger partial charge is 0.408 e. The van der Waals surface area contributed by atoms with E-state index in [1.54, 1.807) is 0 Å². The average molecular weight is 410 g/mol. The molecule has 0 radical (unpaired) electrons. The number of carbonyl (C=O) groups is 2. The SMILES string of the molecule is C[Si](C)(Cc1ccccc1)CC(NC(=O)OCc1ccccc1)C(=O)NCC#N. The zero-order valence-electron chi connectivity index (χ0n) is 16.9. The molecular weight excluding hydrogens is 382 g/mol. The van der Waals surface area contributed by atoms with E-state index >= 15 is 0 Å². The van der Waals surface area contributed by atoms with Gasteiger partial charge in [-0.15, -0.1) is 0 Å². The lowest BCUT2D eigenvalue weighted by atomic mass is 10.2. The minimum Gasteiger partial charge on any atom is -0.445 e. The van der Waals surface area contributed by atoms with E-state index in [0.29, 0.717) is 6.04 Å². The number of nitrogens with zero attached hydrogens (tertiary/aromatic N) is 1. The van der Waals surface area contributed by atoms with E-state index in [1.807, 2.05) is 54.6 Å². The summed E-state index contributed by atoms with van der Waals surface area (Å²) in [6.45, 7) is 4.39. The predicted molar refractivity (Wildman–Crippen MR) is 115 cm³/mol. The monoisotopic (exact) mass is 409 g/mol. The zero-order valence-corrected chi connectivity index (χ0v) is 17.9. The molecule has 2 N–H and O–H groups in total. The Morgan fingerprint density at radius 1 is 1.03 bits per heavy atom. The summed E-state index contributed by atoms with van der Waals surface area (Å²) in [7, 11) is -1.88. The van der Waals surface area contributed by atoms with Crippen molar-refractivity contribution in [2.45, 2.75) is 37.8 Å². The van der Waals surface area contributed by atoms with Gasteiger partial charge in [-0.2, -0.15) is 5.26 Å². The average Bonchev–Trinajstić information content (AvgIpc) is 2.71. The second kappa shape index (κ2) is 11.0. The van der Waals surface area contributed by atoms with Gasteiger partial charge in [-0.05, 0) is 17.7 Å². The molecular formula is C22H27N3O3Si. The first-order valence-electron chi connectivity index (χ1n) is 9.55. The van der Waals surface area contributed by atoms with Gasteiger partial charge in [0.1, 0.15) is 19.2 Å². The number of alkyl carbamates (subject to hydrolysis) is 1.